The maximum absolute atomic E-state index is 11.5. The second-order valence-electron chi connectivity index (χ2n) is 4.45. The molecule has 0 aliphatic rings. The molecule has 1 N–H and O–H groups in total. The minimum Gasteiger partial charge on any atom is -0.476 e. The number of ketones is 1. The number of hydrogen-bond donors (Lipinski definition) is 1. The van der Waals surface area contributed by atoms with Gasteiger partial charge < -0.3 is 5.11 Å². The lowest BCUT2D eigenvalue weighted by Crippen LogP contribution is -2.03. The van der Waals surface area contributed by atoms with Crippen molar-refractivity contribution < 1.29 is 14.7 Å². The van der Waals surface area contributed by atoms with Crippen molar-refractivity contribution in [2.75, 3.05) is 0 Å². The summed E-state index contributed by atoms with van der Waals surface area (Å²) in [6.45, 7) is 1.33. The number of carbonyl (C=O) groups excluding carboxylic acids is 1. The number of thiazole rings is 1. The van der Waals surface area contributed by atoms with Crippen LogP contribution in [0.25, 0.3) is 21.6 Å². The predicted molar refractivity (Wildman–Crippen MR) is 79.8 cm³/mol. The Labute approximate surface area is 123 Å². The van der Waals surface area contributed by atoms with Gasteiger partial charge in [0.15, 0.2) is 11.5 Å². The molecular formula is C15H10N2O3S. The molecule has 2 aromatic heterocycles. The predicted octanol–water partition coefficient (Wildman–Crippen LogP) is 3.26. The first kappa shape index (κ1) is 13.4. The summed E-state index contributed by atoms with van der Waals surface area (Å²) in [7, 11) is 0. The number of benzene rings is 1. The van der Waals surface area contributed by atoms with Gasteiger partial charge in [-0.15, -0.1) is 11.3 Å². The van der Waals surface area contributed by atoms with Gasteiger partial charge >= 0.3 is 5.97 Å². The SMILES string of the molecule is CC(=O)c1sc(-c2ccc3ccccc3n2)nc1C(=O)O. The quantitative estimate of drug-likeness (QED) is 0.751. The maximum atomic E-state index is 11.5. The van der Waals surface area contributed by atoms with Crippen molar-refractivity contribution >= 4 is 34.0 Å². The van der Waals surface area contributed by atoms with Gasteiger partial charge in [-0.25, -0.2) is 14.8 Å². The Hall–Kier alpha value is -2.60. The van der Waals surface area contributed by atoms with E-state index < -0.39 is 5.97 Å². The van der Waals surface area contributed by atoms with Gasteiger partial charge in [-0.2, -0.15) is 0 Å². The number of nitrogens with zero attached hydrogens (tertiary/aromatic N) is 2. The van der Waals surface area contributed by atoms with Crippen LogP contribution in [0.2, 0.25) is 0 Å². The molecule has 104 valence electrons. The number of aromatic carboxylic acids is 1. The van der Waals surface area contributed by atoms with E-state index in [2.05, 4.69) is 9.97 Å². The van der Waals surface area contributed by atoms with Crippen molar-refractivity contribution in [3.8, 4) is 10.7 Å². The topological polar surface area (TPSA) is 80.2 Å². The van der Waals surface area contributed by atoms with Crippen molar-refractivity contribution in [2.24, 2.45) is 0 Å². The third-order valence-electron chi connectivity index (χ3n) is 2.97. The fraction of sp³-hybridized carbons (Fsp3) is 0.0667. The summed E-state index contributed by atoms with van der Waals surface area (Å²) in [6, 6.07) is 11.3. The molecule has 1 aromatic carbocycles. The molecule has 0 aliphatic carbocycles. The van der Waals surface area contributed by atoms with Crippen molar-refractivity contribution in [3.63, 3.8) is 0 Å². The highest BCUT2D eigenvalue weighted by Gasteiger charge is 2.21. The fourth-order valence-electron chi connectivity index (χ4n) is 2.00. The molecule has 0 aliphatic heterocycles. The molecule has 0 fully saturated rings. The minimum absolute atomic E-state index is 0.146. The Bertz CT molecular complexity index is 839. The molecule has 2 heterocycles. The highest BCUT2D eigenvalue weighted by atomic mass is 32.1. The summed E-state index contributed by atoms with van der Waals surface area (Å²) in [5.41, 5.74) is 1.15. The maximum Gasteiger partial charge on any atom is 0.356 e. The Balaban J connectivity index is 2.16. The number of fused-ring (bicyclic) bond motifs is 1. The number of aromatic nitrogens is 2. The number of carboxylic acid groups (broad SMARTS) is 1. The van der Waals surface area contributed by atoms with Gasteiger partial charge in [0, 0.05) is 12.3 Å². The zero-order valence-corrected chi connectivity index (χ0v) is 11.8. The molecular weight excluding hydrogens is 288 g/mol. The van der Waals surface area contributed by atoms with Crippen LogP contribution in [0.4, 0.5) is 0 Å². The summed E-state index contributed by atoms with van der Waals surface area (Å²) in [5.74, 6) is -1.51. The van der Waals surface area contributed by atoms with E-state index in [-0.39, 0.29) is 16.4 Å². The van der Waals surface area contributed by atoms with E-state index in [0.717, 1.165) is 22.2 Å². The lowest BCUT2D eigenvalue weighted by atomic mass is 10.2. The van der Waals surface area contributed by atoms with E-state index in [4.69, 9.17) is 5.11 Å². The number of hydrogen-bond acceptors (Lipinski definition) is 5. The molecule has 0 bridgehead atoms. The van der Waals surface area contributed by atoms with E-state index in [1.165, 1.54) is 6.92 Å². The lowest BCUT2D eigenvalue weighted by Gasteiger charge is -1.99. The number of carbonyl (C=O) groups is 2. The van der Waals surface area contributed by atoms with Gasteiger partial charge in [0.2, 0.25) is 0 Å². The van der Waals surface area contributed by atoms with Crippen LogP contribution in [-0.2, 0) is 0 Å². The standard InChI is InChI=1S/C15H10N2O3S/c1-8(18)13-12(15(19)20)17-14(21-13)11-7-6-9-4-2-3-5-10(9)16-11/h2-7H,1H3,(H,19,20). The third kappa shape index (κ3) is 2.41. The Morgan fingerprint density at radius 1 is 1.10 bits per heavy atom. The lowest BCUT2D eigenvalue weighted by molar-refractivity contribution is 0.0687. The molecule has 0 spiro atoms. The first-order valence-corrected chi connectivity index (χ1v) is 6.99. The van der Waals surface area contributed by atoms with E-state index in [0.29, 0.717) is 10.7 Å². The average Bonchev–Trinajstić information content (AvgIpc) is 2.92. The third-order valence-corrected chi connectivity index (χ3v) is 4.15. The first-order chi connectivity index (χ1) is 10.1. The van der Waals surface area contributed by atoms with Gasteiger partial charge in [-0.05, 0) is 12.1 Å². The Kier molecular flexibility index (Phi) is 3.23. The number of pyridine rings is 1. The van der Waals surface area contributed by atoms with Crippen LogP contribution in [0.1, 0.15) is 27.1 Å². The number of para-hydroxylation sites is 1. The van der Waals surface area contributed by atoms with Gasteiger partial charge in [-0.3, -0.25) is 4.79 Å². The van der Waals surface area contributed by atoms with Crippen LogP contribution in [0.15, 0.2) is 36.4 Å². The van der Waals surface area contributed by atoms with E-state index in [1.807, 2.05) is 30.3 Å². The average molecular weight is 298 g/mol. The van der Waals surface area contributed by atoms with Crippen molar-refractivity contribution in [2.45, 2.75) is 6.92 Å². The first-order valence-electron chi connectivity index (χ1n) is 6.17. The van der Waals surface area contributed by atoms with Gasteiger partial charge in [0.1, 0.15) is 9.88 Å². The van der Waals surface area contributed by atoms with Crippen LogP contribution in [0.5, 0.6) is 0 Å². The summed E-state index contributed by atoms with van der Waals surface area (Å²) in [6.07, 6.45) is 0. The molecule has 3 rings (SSSR count). The van der Waals surface area contributed by atoms with Crippen LogP contribution in [0.3, 0.4) is 0 Å². The summed E-state index contributed by atoms with van der Waals surface area (Å²) in [5, 5.41) is 10.5. The highest BCUT2D eigenvalue weighted by molar-refractivity contribution is 7.17. The fourth-order valence-corrected chi connectivity index (χ4v) is 2.92. The van der Waals surface area contributed by atoms with Gasteiger partial charge in [-0.1, -0.05) is 24.3 Å². The van der Waals surface area contributed by atoms with Crippen molar-refractivity contribution in [3.05, 3.63) is 47.0 Å². The second-order valence-corrected chi connectivity index (χ2v) is 5.45. The van der Waals surface area contributed by atoms with Gasteiger partial charge in [0.25, 0.3) is 0 Å². The summed E-state index contributed by atoms with van der Waals surface area (Å²) < 4.78 is 0. The Morgan fingerprint density at radius 2 is 1.86 bits per heavy atom. The zero-order chi connectivity index (χ0) is 15.0. The van der Waals surface area contributed by atoms with Crippen LogP contribution in [-0.4, -0.2) is 26.8 Å². The molecule has 5 nitrogen and oxygen atoms in total. The molecule has 0 atom stereocenters. The van der Waals surface area contributed by atoms with Crippen LogP contribution in [0, 0.1) is 0 Å². The number of Topliss-reactive ketones (excluding diaryl/α,β-unsaturated/α-hetero) is 1. The van der Waals surface area contributed by atoms with Crippen LogP contribution < -0.4 is 0 Å². The largest absolute Gasteiger partial charge is 0.476 e. The van der Waals surface area contributed by atoms with Gasteiger partial charge in [0.05, 0.1) is 11.2 Å². The number of carboxylic acids is 1. The highest BCUT2D eigenvalue weighted by Crippen LogP contribution is 2.28. The Morgan fingerprint density at radius 3 is 2.52 bits per heavy atom. The van der Waals surface area contributed by atoms with Crippen LogP contribution >= 0.6 is 11.3 Å². The molecule has 0 unspecified atom stereocenters. The van der Waals surface area contributed by atoms with E-state index in [1.54, 1.807) is 6.07 Å². The summed E-state index contributed by atoms with van der Waals surface area (Å²) in [4.78, 5) is 31.3. The normalized spacial score (nSPS) is 10.7. The molecule has 3 aromatic rings. The molecule has 0 radical (unpaired) electrons. The van der Waals surface area contributed by atoms with Crippen molar-refractivity contribution in [1.29, 1.82) is 0 Å². The zero-order valence-electron chi connectivity index (χ0n) is 11.0. The summed E-state index contributed by atoms with van der Waals surface area (Å²) >= 11 is 1.05. The monoisotopic (exact) mass is 298 g/mol. The van der Waals surface area contributed by atoms with E-state index >= 15 is 0 Å². The number of rotatable bonds is 3. The molecule has 21 heavy (non-hydrogen) atoms. The molecule has 0 saturated heterocycles. The second kappa shape index (κ2) is 5.06. The van der Waals surface area contributed by atoms with Crippen molar-refractivity contribution in [1.82, 2.24) is 9.97 Å². The molecule has 0 amide bonds. The van der Waals surface area contributed by atoms with E-state index in [9.17, 15) is 9.59 Å². The molecule has 6 heteroatoms. The molecule has 0 saturated carbocycles. The smallest absolute Gasteiger partial charge is 0.356 e. The minimum atomic E-state index is -1.21.